The number of halogens is 1. The zero-order valence-electron chi connectivity index (χ0n) is 9.86. The second kappa shape index (κ2) is 5.41. The Morgan fingerprint density at radius 2 is 2.33 bits per heavy atom. The van der Waals surface area contributed by atoms with Crippen LogP contribution < -0.4 is 5.32 Å². The van der Waals surface area contributed by atoms with Crippen molar-refractivity contribution in [2.75, 3.05) is 13.1 Å². The molecule has 0 aliphatic carbocycles. The molecule has 2 rings (SSSR count). The molecular weight excluding hydrogens is 239 g/mol. The molecule has 5 nitrogen and oxygen atoms in total. The fourth-order valence-electron chi connectivity index (χ4n) is 2.46. The summed E-state index contributed by atoms with van der Waals surface area (Å²) in [5.74, 6) is -0.766. The van der Waals surface area contributed by atoms with Crippen LogP contribution in [0.5, 0.6) is 0 Å². The standard InChI is InChI=1S/C12H15FN2O3/c13-10-4-3-9(7-16)12(15(17)18)11(10)8-2-1-5-14-6-8/h3-4,8,14,16H,1-2,5-7H2. The zero-order valence-corrected chi connectivity index (χ0v) is 9.86. The number of piperidine rings is 1. The van der Waals surface area contributed by atoms with Gasteiger partial charge in [-0.3, -0.25) is 10.1 Å². The van der Waals surface area contributed by atoms with Crippen LogP contribution in [0.25, 0.3) is 0 Å². The Morgan fingerprint density at radius 3 is 2.89 bits per heavy atom. The number of rotatable bonds is 3. The number of nitro groups is 1. The lowest BCUT2D eigenvalue weighted by molar-refractivity contribution is -0.387. The highest BCUT2D eigenvalue weighted by Crippen LogP contribution is 2.35. The average Bonchev–Trinajstić information content (AvgIpc) is 2.39. The summed E-state index contributed by atoms with van der Waals surface area (Å²) in [6.45, 7) is 0.933. The molecule has 6 heteroatoms. The highest BCUT2D eigenvalue weighted by atomic mass is 19.1. The summed E-state index contributed by atoms with van der Waals surface area (Å²) in [7, 11) is 0. The van der Waals surface area contributed by atoms with Crippen LogP contribution in [-0.2, 0) is 6.61 Å². The van der Waals surface area contributed by atoms with E-state index in [-0.39, 0.29) is 22.7 Å². The van der Waals surface area contributed by atoms with Gasteiger partial charge in [0.15, 0.2) is 0 Å². The third-order valence-corrected chi connectivity index (χ3v) is 3.31. The number of nitrogens with one attached hydrogen (secondary N) is 1. The number of nitro benzene ring substituents is 1. The molecule has 98 valence electrons. The largest absolute Gasteiger partial charge is 0.391 e. The minimum Gasteiger partial charge on any atom is -0.391 e. The smallest absolute Gasteiger partial charge is 0.281 e. The summed E-state index contributed by atoms with van der Waals surface area (Å²) in [4.78, 5) is 10.5. The van der Waals surface area contributed by atoms with Gasteiger partial charge in [-0.25, -0.2) is 4.39 Å². The third kappa shape index (κ3) is 2.34. The van der Waals surface area contributed by atoms with Crippen LogP contribution >= 0.6 is 0 Å². The van der Waals surface area contributed by atoms with Gasteiger partial charge >= 0.3 is 0 Å². The van der Waals surface area contributed by atoms with E-state index in [2.05, 4.69) is 5.32 Å². The average molecular weight is 254 g/mol. The number of benzene rings is 1. The van der Waals surface area contributed by atoms with Crippen LogP contribution in [0, 0.1) is 15.9 Å². The molecule has 1 fully saturated rings. The van der Waals surface area contributed by atoms with Gasteiger partial charge in [0.25, 0.3) is 5.69 Å². The highest BCUT2D eigenvalue weighted by molar-refractivity contribution is 5.50. The van der Waals surface area contributed by atoms with Crippen LogP contribution in [0.2, 0.25) is 0 Å². The molecule has 1 saturated heterocycles. The SMILES string of the molecule is O=[N+]([O-])c1c(CO)ccc(F)c1C1CCCNC1. The van der Waals surface area contributed by atoms with E-state index in [4.69, 9.17) is 5.11 Å². The molecule has 1 atom stereocenters. The van der Waals surface area contributed by atoms with E-state index in [0.29, 0.717) is 6.54 Å². The molecule has 1 unspecified atom stereocenters. The van der Waals surface area contributed by atoms with Crippen molar-refractivity contribution < 1.29 is 14.4 Å². The maximum atomic E-state index is 13.9. The van der Waals surface area contributed by atoms with Crippen molar-refractivity contribution in [3.8, 4) is 0 Å². The van der Waals surface area contributed by atoms with Crippen molar-refractivity contribution >= 4 is 5.69 Å². The molecule has 1 aromatic carbocycles. The predicted molar refractivity (Wildman–Crippen MR) is 63.8 cm³/mol. The summed E-state index contributed by atoms with van der Waals surface area (Å²) in [5, 5.41) is 23.4. The lowest BCUT2D eigenvalue weighted by Crippen LogP contribution is -2.29. The van der Waals surface area contributed by atoms with Gasteiger partial charge in [-0.2, -0.15) is 0 Å². The van der Waals surface area contributed by atoms with Crippen LogP contribution in [0.3, 0.4) is 0 Å². The summed E-state index contributed by atoms with van der Waals surface area (Å²) < 4.78 is 13.9. The van der Waals surface area contributed by atoms with E-state index in [9.17, 15) is 14.5 Å². The summed E-state index contributed by atoms with van der Waals surface area (Å²) >= 11 is 0. The molecule has 0 aromatic heterocycles. The Bertz CT molecular complexity index is 459. The Balaban J connectivity index is 2.51. The molecule has 1 aliphatic heterocycles. The first kappa shape index (κ1) is 12.9. The maximum absolute atomic E-state index is 13.9. The van der Waals surface area contributed by atoms with Gasteiger partial charge in [-0.05, 0) is 31.5 Å². The fourth-order valence-corrected chi connectivity index (χ4v) is 2.46. The Kier molecular flexibility index (Phi) is 3.88. The first-order valence-corrected chi connectivity index (χ1v) is 5.92. The number of nitrogens with zero attached hydrogens (tertiary/aromatic N) is 1. The van der Waals surface area contributed by atoms with Crippen molar-refractivity contribution in [1.82, 2.24) is 5.32 Å². The monoisotopic (exact) mass is 254 g/mol. The molecule has 0 saturated carbocycles. The van der Waals surface area contributed by atoms with Gasteiger partial charge in [0, 0.05) is 12.5 Å². The molecule has 0 radical (unpaired) electrons. The molecule has 0 bridgehead atoms. The molecular formula is C12H15FN2O3. The van der Waals surface area contributed by atoms with E-state index in [1.54, 1.807) is 0 Å². The second-order valence-electron chi connectivity index (χ2n) is 4.43. The quantitative estimate of drug-likeness (QED) is 0.635. The topological polar surface area (TPSA) is 75.4 Å². The summed E-state index contributed by atoms with van der Waals surface area (Å²) in [6.07, 6.45) is 1.59. The summed E-state index contributed by atoms with van der Waals surface area (Å²) in [5.41, 5.74) is 0.0203. The van der Waals surface area contributed by atoms with E-state index in [1.165, 1.54) is 12.1 Å². The fraction of sp³-hybridized carbons (Fsp3) is 0.500. The number of aliphatic hydroxyl groups excluding tert-OH is 1. The molecule has 0 amide bonds. The summed E-state index contributed by atoms with van der Waals surface area (Å²) in [6, 6.07) is 2.47. The van der Waals surface area contributed by atoms with E-state index >= 15 is 0 Å². The van der Waals surface area contributed by atoms with E-state index in [0.717, 1.165) is 19.4 Å². The van der Waals surface area contributed by atoms with Crippen LogP contribution in [0.1, 0.15) is 29.9 Å². The Labute approximate surface area is 104 Å². The molecule has 1 aliphatic rings. The highest BCUT2D eigenvalue weighted by Gasteiger charge is 2.30. The number of hydrogen-bond donors (Lipinski definition) is 2. The van der Waals surface area contributed by atoms with Crippen LogP contribution in [0.15, 0.2) is 12.1 Å². The zero-order chi connectivity index (χ0) is 13.1. The van der Waals surface area contributed by atoms with Gasteiger partial charge in [0.1, 0.15) is 5.82 Å². The van der Waals surface area contributed by atoms with Crippen molar-refractivity contribution in [1.29, 1.82) is 0 Å². The number of aliphatic hydroxyl groups is 1. The Morgan fingerprint density at radius 1 is 1.56 bits per heavy atom. The van der Waals surface area contributed by atoms with Gasteiger partial charge in [-0.15, -0.1) is 0 Å². The number of hydrogen-bond acceptors (Lipinski definition) is 4. The lowest BCUT2D eigenvalue weighted by atomic mass is 9.88. The normalized spacial score (nSPS) is 19.8. The predicted octanol–water partition coefficient (Wildman–Crippen LogP) is 1.69. The van der Waals surface area contributed by atoms with Gasteiger partial charge < -0.3 is 10.4 Å². The van der Waals surface area contributed by atoms with Gasteiger partial charge in [0.05, 0.1) is 22.7 Å². The lowest BCUT2D eigenvalue weighted by Gasteiger charge is -2.23. The van der Waals surface area contributed by atoms with Crippen molar-refractivity contribution in [2.24, 2.45) is 0 Å². The van der Waals surface area contributed by atoms with Crippen molar-refractivity contribution in [2.45, 2.75) is 25.4 Å². The third-order valence-electron chi connectivity index (χ3n) is 3.31. The minimum absolute atomic E-state index is 0.124. The van der Waals surface area contributed by atoms with Crippen molar-refractivity contribution in [3.05, 3.63) is 39.2 Å². The van der Waals surface area contributed by atoms with Crippen molar-refractivity contribution in [3.63, 3.8) is 0 Å². The van der Waals surface area contributed by atoms with Crippen LogP contribution in [0.4, 0.5) is 10.1 Å². The molecule has 1 aromatic rings. The van der Waals surface area contributed by atoms with E-state index < -0.39 is 17.3 Å². The first-order chi connectivity index (χ1) is 8.65. The van der Waals surface area contributed by atoms with Gasteiger partial charge in [-0.1, -0.05) is 0 Å². The van der Waals surface area contributed by atoms with E-state index in [1.807, 2.05) is 0 Å². The second-order valence-corrected chi connectivity index (χ2v) is 4.43. The minimum atomic E-state index is -0.599. The van der Waals surface area contributed by atoms with Crippen LogP contribution in [-0.4, -0.2) is 23.1 Å². The molecule has 18 heavy (non-hydrogen) atoms. The molecule has 0 spiro atoms. The first-order valence-electron chi connectivity index (χ1n) is 5.92. The maximum Gasteiger partial charge on any atom is 0.281 e. The molecule has 1 heterocycles. The molecule has 2 N–H and O–H groups in total. The van der Waals surface area contributed by atoms with Gasteiger partial charge in [0.2, 0.25) is 0 Å². The Hall–Kier alpha value is -1.53.